The summed E-state index contributed by atoms with van der Waals surface area (Å²) in [5, 5.41) is 4.12. The van der Waals surface area contributed by atoms with E-state index in [1.807, 2.05) is 25.1 Å². The number of nitrogens with one attached hydrogen (secondary N) is 1. The molecule has 0 bridgehead atoms. The van der Waals surface area contributed by atoms with Crippen molar-refractivity contribution in [2.75, 3.05) is 19.7 Å². The molecule has 6 nitrogen and oxygen atoms in total. The van der Waals surface area contributed by atoms with Gasteiger partial charge >= 0.3 is 5.63 Å². The molecule has 4 rings (SSSR count). The van der Waals surface area contributed by atoms with Crippen LogP contribution in [0.2, 0.25) is 5.02 Å². The van der Waals surface area contributed by atoms with Crippen LogP contribution in [0.5, 0.6) is 5.75 Å². The van der Waals surface area contributed by atoms with Crippen LogP contribution in [0.25, 0.3) is 11.0 Å². The number of amides is 1. The maximum Gasteiger partial charge on any atom is 0.336 e. The zero-order valence-corrected chi connectivity index (χ0v) is 17.4. The molecular weight excluding hydrogens is 404 g/mol. The van der Waals surface area contributed by atoms with E-state index in [1.54, 1.807) is 12.1 Å². The van der Waals surface area contributed by atoms with Crippen molar-refractivity contribution < 1.29 is 13.9 Å². The molecule has 0 saturated carbocycles. The molecule has 1 fully saturated rings. The second-order valence-electron chi connectivity index (χ2n) is 7.59. The number of halogens is 1. The molecule has 1 amide bonds. The first kappa shape index (κ1) is 20.4. The van der Waals surface area contributed by atoms with Gasteiger partial charge in [0.2, 0.25) is 0 Å². The number of aryl methyl sites for hydroxylation is 1. The summed E-state index contributed by atoms with van der Waals surface area (Å²) in [5.74, 6) is 0.105. The SMILES string of the molecule is Cc1cc(=O)oc2cc(OCC(=O)NC3CCN(Cc4ccccc4)C3)c(Cl)cc12. The summed E-state index contributed by atoms with van der Waals surface area (Å²) in [6.07, 6.45) is 0.903. The monoisotopic (exact) mass is 426 g/mol. The van der Waals surface area contributed by atoms with Crippen LogP contribution >= 0.6 is 11.6 Å². The zero-order valence-electron chi connectivity index (χ0n) is 16.7. The number of hydrogen-bond acceptors (Lipinski definition) is 5. The molecule has 2 heterocycles. The van der Waals surface area contributed by atoms with Crippen molar-refractivity contribution in [2.24, 2.45) is 0 Å². The smallest absolute Gasteiger partial charge is 0.336 e. The summed E-state index contributed by atoms with van der Waals surface area (Å²) in [7, 11) is 0. The molecule has 1 aliphatic heterocycles. The molecule has 1 saturated heterocycles. The highest BCUT2D eigenvalue weighted by molar-refractivity contribution is 6.32. The predicted octanol–water partition coefficient (Wildman–Crippen LogP) is 3.52. The van der Waals surface area contributed by atoms with Crippen LogP contribution in [-0.4, -0.2) is 36.5 Å². The Labute approximate surface area is 179 Å². The first-order chi connectivity index (χ1) is 14.5. The minimum Gasteiger partial charge on any atom is -0.482 e. The van der Waals surface area contributed by atoms with E-state index >= 15 is 0 Å². The Morgan fingerprint density at radius 3 is 2.87 bits per heavy atom. The Morgan fingerprint density at radius 1 is 1.27 bits per heavy atom. The van der Waals surface area contributed by atoms with Crippen molar-refractivity contribution in [1.82, 2.24) is 10.2 Å². The molecular formula is C23H23ClN2O4. The fraction of sp³-hybridized carbons (Fsp3) is 0.304. The highest BCUT2D eigenvalue weighted by atomic mass is 35.5. The molecule has 3 aromatic rings. The lowest BCUT2D eigenvalue weighted by Crippen LogP contribution is -2.39. The lowest BCUT2D eigenvalue weighted by molar-refractivity contribution is -0.123. The number of hydrogen-bond donors (Lipinski definition) is 1. The highest BCUT2D eigenvalue weighted by Gasteiger charge is 2.24. The van der Waals surface area contributed by atoms with E-state index in [-0.39, 0.29) is 18.6 Å². The lowest BCUT2D eigenvalue weighted by Gasteiger charge is -2.17. The predicted molar refractivity (Wildman–Crippen MR) is 116 cm³/mol. The summed E-state index contributed by atoms with van der Waals surface area (Å²) in [4.78, 5) is 26.3. The van der Waals surface area contributed by atoms with E-state index in [0.29, 0.717) is 16.4 Å². The third kappa shape index (κ3) is 4.83. The van der Waals surface area contributed by atoms with Crippen LogP contribution in [0.15, 0.2) is 57.7 Å². The standard InChI is InChI=1S/C23H23ClN2O4/c1-15-9-23(28)30-20-11-21(19(24)10-18(15)20)29-14-22(27)25-17-7-8-26(13-17)12-16-5-3-2-4-6-16/h2-6,9-11,17H,7-8,12-14H2,1H3,(H,25,27). The Morgan fingerprint density at radius 2 is 2.07 bits per heavy atom. The molecule has 1 atom stereocenters. The average molecular weight is 427 g/mol. The molecule has 1 aromatic heterocycles. The highest BCUT2D eigenvalue weighted by Crippen LogP contribution is 2.31. The number of rotatable bonds is 6. The largest absolute Gasteiger partial charge is 0.482 e. The first-order valence-corrected chi connectivity index (χ1v) is 10.3. The Bertz CT molecular complexity index is 1110. The third-order valence-electron chi connectivity index (χ3n) is 5.25. The summed E-state index contributed by atoms with van der Waals surface area (Å²) in [5.41, 5.74) is 1.98. The van der Waals surface area contributed by atoms with Crippen LogP contribution in [0.3, 0.4) is 0 Å². The number of carbonyl (C=O) groups is 1. The second-order valence-corrected chi connectivity index (χ2v) is 8.00. The van der Waals surface area contributed by atoms with Gasteiger partial charge in [-0.15, -0.1) is 0 Å². The minimum absolute atomic E-state index is 0.0950. The third-order valence-corrected chi connectivity index (χ3v) is 5.54. The van der Waals surface area contributed by atoms with E-state index in [0.717, 1.165) is 37.0 Å². The lowest BCUT2D eigenvalue weighted by atomic mass is 10.1. The quantitative estimate of drug-likeness (QED) is 0.610. The fourth-order valence-electron chi connectivity index (χ4n) is 3.78. The number of fused-ring (bicyclic) bond motifs is 1. The van der Waals surface area contributed by atoms with Gasteiger partial charge in [-0.1, -0.05) is 41.9 Å². The van der Waals surface area contributed by atoms with E-state index in [4.69, 9.17) is 20.8 Å². The topological polar surface area (TPSA) is 71.8 Å². The van der Waals surface area contributed by atoms with Gasteiger partial charge in [0.15, 0.2) is 6.61 Å². The summed E-state index contributed by atoms with van der Waals surface area (Å²) < 4.78 is 10.8. The van der Waals surface area contributed by atoms with E-state index in [2.05, 4.69) is 22.3 Å². The van der Waals surface area contributed by atoms with Gasteiger partial charge in [0, 0.05) is 43.2 Å². The van der Waals surface area contributed by atoms with E-state index in [9.17, 15) is 9.59 Å². The van der Waals surface area contributed by atoms with Crippen molar-refractivity contribution in [2.45, 2.75) is 25.9 Å². The van der Waals surface area contributed by atoms with Crippen molar-refractivity contribution in [1.29, 1.82) is 0 Å². The van der Waals surface area contributed by atoms with Crippen LogP contribution < -0.4 is 15.7 Å². The average Bonchev–Trinajstić information content (AvgIpc) is 3.14. The molecule has 1 N–H and O–H groups in total. The Balaban J connectivity index is 1.32. The molecule has 7 heteroatoms. The number of benzene rings is 2. The number of carbonyl (C=O) groups excluding carboxylic acids is 1. The fourth-order valence-corrected chi connectivity index (χ4v) is 4.00. The number of likely N-dealkylation sites (tertiary alicyclic amines) is 1. The van der Waals surface area contributed by atoms with E-state index < -0.39 is 5.63 Å². The van der Waals surface area contributed by atoms with Gasteiger partial charge in [0.1, 0.15) is 11.3 Å². The van der Waals surface area contributed by atoms with Gasteiger partial charge in [0.05, 0.1) is 5.02 Å². The number of ether oxygens (including phenoxy) is 1. The van der Waals surface area contributed by atoms with Gasteiger partial charge < -0.3 is 14.5 Å². The maximum absolute atomic E-state index is 12.3. The molecule has 1 aliphatic rings. The normalized spacial score (nSPS) is 16.7. The van der Waals surface area contributed by atoms with Crippen LogP contribution in [-0.2, 0) is 11.3 Å². The van der Waals surface area contributed by atoms with E-state index in [1.165, 1.54) is 11.6 Å². The zero-order chi connectivity index (χ0) is 21.1. The van der Waals surface area contributed by atoms with Gasteiger partial charge in [-0.25, -0.2) is 4.79 Å². The molecule has 156 valence electrons. The van der Waals surface area contributed by atoms with Gasteiger partial charge in [-0.2, -0.15) is 0 Å². The van der Waals surface area contributed by atoms with Crippen LogP contribution in [0, 0.1) is 6.92 Å². The second kappa shape index (κ2) is 8.90. The van der Waals surface area contributed by atoms with Crippen LogP contribution in [0.1, 0.15) is 17.5 Å². The first-order valence-electron chi connectivity index (χ1n) is 9.90. The van der Waals surface area contributed by atoms with Crippen LogP contribution in [0.4, 0.5) is 0 Å². The Hall–Kier alpha value is -2.83. The van der Waals surface area contributed by atoms with Gasteiger partial charge in [-0.3, -0.25) is 9.69 Å². The van der Waals surface area contributed by atoms with Crippen molar-refractivity contribution >= 4 is 28.5 Å². The molecule has 30 heavy (non-hydrogen) atoms. The Kier molecular flexibility index (Phi) is 6.06. The summed E-state index contributed by atoms with van der Waals surface area (Å²) in [6, 6.07) is 15.0. The minimum atomic E-state index is -0.438. The molecule has 0 aliphatic carbocycles. The van der Waals surface area contributed by atoms with Crippen molar-refractivity contribution in [3.05, 3.63) is 75.1 Å². The van der Waals surface area contributed by atoms with Gasteiger partial charge in [0.25, 0.3) is 5.91 Å². The molecule has 0 spiro atoms. The maximum atomic E-state index is 12.3. The summed E-state index contributed by atoms with van der Waals surface area (Å²) >= 11 is 6.28. The van der Waals surface area contributed by atoms with Gasteiger partial charge in [-0.05, 0) is 30.5 Å². The molecule has 2 aromatic carbocycles. The summed E-state index contributed by atoms with van der Waals surface area (Å²) in [6.45, 7) is 4.28. The van der Waals surface area contributed by atoms with Crippen molar-refractivity contribution in [3.8, 4) is 5.75 Å². The molecule has 0 radical (unpaired) electrons. The van der Waals surface area contributed by atoms with Crippen molar-refractivity contribution in [3.63, 3.8) is 0 Å². The number of nitrogens with zero attached hydrogens (tertiary/aromatic N) is 1. The molecule has 1 unspecified atom stereocenters.